The lowest BCUT2D eigenvalue weighted by molar-refractivity contribution is 0.0243. The second-order valence-corrected chi connectivity index (χ2v) is 7.79. The van der Waals surface area contributed by atoms with Crippen LogP contribution in [0.2, 0.25) is 0 Å². The van der Waals surface area contributed by atoms with Gasteiger partial charge in [0.2, 0.25) is 5.76 Å². The SMILES string of the molecule is CCN(CC)CC(C)(C)COC(=O)c1ccc(-c2ccc(Br)cc2)o1.Cl. The van der Waals surface area contributed by atoms with Crippen LogP contribution in [0.1, 0.15) is 38.2 Å². The summed E-state index contributed by atoms with van der Waals surface area (Å²) in [6.45, 7) is 11.7. The van der Waals surface area contributed by atoms with Gasteiger partial charge in [-0.3, -0.25) is 0 Å². The van der Waals surface area contributed by atoms with Crippen LogP contribution in [0.25, 0.3) is 11.3 Å². The Kier molecular flexibility index (Phi) is 8.87. The van der Waals surface area contributed by atoms with Gasteiger partial charge in [0, 0.05) is 22.0 Å². The molecule has 0 spiro atoms. The maximum atomic E-state index is 12.3. The van der Waals surface area contributed by atoms with E-state index in [0.29, 0.717) is 12.4 Å². The van der Waals surface area contributed by atoms with Gasteiger partial charge in [-0.05, 0) is 37.4 Å². The third-order valence-corrected chi connectivity index (χ3v) is 4.60. The van der Waals surface area contributed by atoms with Gasteiger partial charge in [-0.15, -0.1) is 12.4 Å². The minimum Gasteiger partial charge on any atom is -0.459 e. The molecule has 0 amide bonds. The van der Waals surface area contributed by atoms with Crippen molar-refractivity contribution in [2.45, 2.75) is 27.7 Å². The van der Waals surface area contributed by atoms with E-state index in [9.17, 15) is 4.79 Å². The van der Waals surface area contributed by atoms with Gasteiger partial charge in [-0.25, -0.2) is 4.79 Å². The first kappa shape index (κ1) is 22.7. The van der Waals surface area contributed by atoms with Crippen LogP contribution in [-0.4, -0.2) is 37.1 Å². The van der Waals surface area contributed by atoms with Crippen molar-refractivity contribution in [1.29, 1.82) is 0 Å². The highest BCUT2D eigenvalue weighted by molar-refractivity contribution is 9.10. The van der Waals surface area contributed by atoms with Crippen LogP contribution in [0.4, 0.5) is 0 Å². The monoisotopic (exact) mass is 443 g/mol. The van der Waals surface area contributed by atoms with Gasteiger partial charge < -0.3 is 14.1 Å². The molecule has 0 bridgehead atoms. The van der Waals surface area contributed by atoms with Crippen LogP contribution in [0.3, 0.4) is 0 Å². The molecule has 0 N–H and O–H groups in total. The Hall–Kier alpha value is -1.30. The molecule has 1 aromatic carbocycles. The van der Waals surface area contributed by atoms with Crippen LogP contribution < -0.4 is 0 Å². The summed E-state index contributed by atoms with van der Waals surface area (Å²) in [5.41, 5.74) is 0.812. The summed E-state index contributed by atoms with van der Waals surface area (Å²) in [7, 11) is 0. The molecule has 0 radical (unpaired) electrons. The maximum Gasteiger partial charge on any atom is 0.374 e. The third kappa shape index (κ3) is 6.45. The van der Waals surface area contributed by atoms with Crippen molar-refractivity contribution in [3.63, 3.8) is 0 Å². The topological polar surface area (TPSA) is 42.7 Å². The maximum absolute atomic E-state index is 12.3. The predicted molar refractivity (Wildman–Crippen MR) is 111 cm³/mol. The van der Waals surface area contributed by atoms with E-state index in [1.807, 2.05) is 24.3 Å². The Labute approximate surface area is 170 Å². The van der Waals surface area contributed by atoms with Gasteiger partial charge in [0.25, 0.3) is 0 Å². The molecule has 0 aliphatic rings. The molecule has 0 fully saturated rings. The van der Waals surface area contributed by atoms with E-state index in [-0.39, 0.29) is 23.6 Å². The van der Waals surface area contributed by atoms with Crippen LogP contribution in [0.15, 0.2) is 45.3 Å². The minimum absolute atomic E-state index is 0. The highest BCUT2D eigenvalue weighted by Crippen LogP contribution is 2.25. The number of furan rings is 1. The van der Waals surface area contributed by atoms with Crippen molar-refractivity contribution in [3.05, 3.63) is 46.6 Å². The molecule has 0 unspecified atom stereocenters. The summed E-state index contributed by atoms with van der Waals surface area (Å²) < 4.78 is 12.1. The summed E-state index contributed by atoms with van der Waals surface area (Å²) >= 11 is 3.40. The van der Waals surface area contributed by atoms with Gasteiger partial charge in [-0.1, -0.05) is 55.8 Å². The summed E-state index contributed by atoms with van der Waals surface area (Å²) in [6, 6.07) is 11.2. The average Bonchev–Trinajstić information content (AvgIpc) is 3.08. The lowest BCUT2D eigenvalue weighted by Gasteiger charge is -2.30. The van der Waals surface area contributed by atoms with Crippen LogP contribution in [0, 0.1) is 5.41 Å². The van der Waals surface area contributed by atoms with E-state index in [1.54, 1.807) is 12.1 Å². The number of carbonyl (C=O) groups is 1. The zero-order valence-electron chi connectivity index (χ0n) is 15.8. The quantitative estimate of drug-likeness (QED) is 0.493. The standard InChI is InChI=1S/C20H26BrNO3.ClH/c1-5-22(6-2)13-20(3,4)14-24-19(23)18-12-11-17(25-18)15-7-9-16(21)10-8-15;/h7-12H,5-6,13-14H2,1-4H3;1H. The molecule has 2 aromatic rings. The molecule has 1 aromatic heterocycles. The molecule has 144 valence electrons. The van der Waals surface area contributed by atoms with E-state index in [1.165, 1.54) is 0 Å². The fourth-order valence-corrected chi connectivity index (χ4v) is 2.91. The molecule has 2 rings (SSSR count). The second-order valence-electron chi connectivity index (χ2n) is 6.87. The predicted octanol–water partition coefficient (Wildman–Crippen LogP) is 5.66. The number of hydrogen-bond donors (Lipinski definition) is 0. The lowest BCUT2D eigenvalue weighted by atomic mass is 9.94. The van der Waals surface area contributed by atoms with Gasteiger partial charge in [0.15, 0.2) is 0 Å². The van der Waals surface area contributed by atoms with Crippen LogP contribution >= 0.6 is 28.3 Å². The first-order valence-electron chi connectivity index (χ1n) is 8.60. The number of ether oxygens (including phenoxy) is 1. The van der Waals surface area contributed by atoms with Gasteiger partial charge in [-0.2, -0.15) is 0 Å². The first-order valence-corrected chi connectivity index (χ1v) is 9.39. The number of hydrogen-bond acceptors (Lipinski definition) is 4. The van der Waals surface area contributed by atoms with E-state index < -0.39 is 5.97 Å². The normalized spacial score (nSPS) is 11.3. The van der Waals surface area contributed by atoms with Crippen molar-refractivity contribution in [2.75, 3.05) is 26.2 Å². The summed E-state index contributed by atoms with van der Waals surface area (Å²) in [4.78, 5) is 14.6. The molecule has 0 saturated heterocycles. The summed E-state index contributed by atoms with van der Waals surface area (Å²) in [6.07, 6.45) is 0. The molecule has 1 heterocycles. The molecular weight excluding hydrogens is 418 g/mol. The molecule has 0 aliphatic carbocycles. The van der Waals surface area contributed by atoms with Crippen molar-refractivity contribution in [1.82, 2.24) is 4.90 Å². The average molecular weight is 445 g/mol. The first-order chi connectivity index (χ1) is 11.8. The van der Waals surface area contributed by atoms with E-state index in [2.05, 4.69) is 48.5 Å². The molecule has 26 heavy (non-hydrogen) atoms. The number of benzene rings is 1. The Morgan fingerprint density at radius 2 is 1.73 bits per heavy atom. The second kappa shape index (κ2) is 10.1. The van der Waals surface area contributed by atoms with Crippen LogP contribution in [-0.2, 0) is 4.74 Å². The van der Waals surface area contributed by atoms with Gasteiger partial charge in [0.1, 0.15) is 5.76 Å². The number of rotatable bonds is 8. The fraction of sp³-hybridized carbons (Fsp3) is 0.450. The largest absolute Gasteiger partial charge is 0.459 e. The van der Waals surface area contributed by atoms with E-state index in [4.69, 9.17) is 9.15 Å². The Morgan fingerprint density at radius 1 is 1.12 bits per heavy atom. The minimum atomic E-state index is -0.420. The zero-order chi connectivity index (χ0) is 18.4. The Bertz CT molecular complexity index is 693. The van der Waals surface area contributed by atoms with Gasteiger partial charge in [0.05, 0.1) is 6.61 Å². The van der Waals surface area contributed by atoms with Crippen molar-refractivity contribution in [2.24, 2.45) is 5.41 Å². The van der Waals surface area contributed by atoms with Crippen LogP contribution in [0.5, 0.6) is 0 Å². The highest BCUT2D eigenvalue weighted by atomic mass is 79.9. The summed E-state index contributed by atoms with van der Waals surface area (Å²) in [5, 5.41) is 0. The number of esters is 1. The Balaban J connectivity index is 0.00000338. The third-order valence-electron chi connectivity index (χ3n) is 4.08. The molecule has 0 aliphatic heterocycles. The van der Waals surface area contributed by atoms with E-state index in [0.717, 1.165) is 29.7 Å². The molecule has 0 saturated carbocycles. The molecule has 6 heteroatoms. The summed E-state index contributed by atoms with van der Waals surface area (Å²) in [5.74, 6) is 0.467. The highest BCUT2D eigenvalue weighted by Gasteiger charge is 2.24. The van der Waals surface area contributed by atoms with Crippen molar-refractivity contribution >= 4 is 34.3 Å². The smallest absolute Gasteiger partial charge is 0.374 e. The number of carbonyl (C=O) groups excluding carboxylic acids is 1. The molecule has 0 atom stereocenters. The van der Waals surface area contributed by atoms with Crippen molar-refractivity contribution in [3.8, 4) is 11.3 Å². The Morgan fingerprint density at radius 3 is 2.31 bits per heavy atom. The molecule has 4 nitrogen and oxygen atoms in total. The number of nitrogens with zero attached hydrogens (tertiary/aromatic N) is 1. The lowest BCUT2D eigenvalue weighted by Crippen LogP contribution is -2.37. The van der Waals surface area contributed by atoms with Crippen molar-refractivity contribution < 1.29 is 13.9 Å². The zero-order valence-corrected chi connectivity index (χ0v) is 18.2. The van der Waals surface area contributed by atoms with Gasteiger partial charge >= 0.3 is 5.97 Å². The van der Waals surface area contributed by atoms with E-state index >= 15 is 0 Å². The number of halogens is 2. The fourth-order valence-electron chi connectivity index (χ4n) is 2.65. The molecular formula is C20H27BrClNO3.